The normalized spacial score (nSPS) is 16.0. The van der Waals surface area contributed by atoms with E-state index in [4.69, 9.17) is 0 Å². The van der Waals surface area contributed by atoms with Crippen molar-refractivity contribution >= 4 is 21.7 Å². The Balaban J connectivity index is 2.06. The number of Topliss-reactive ketones (excluding diaryl/α,β-unsaturated/α-hetero) is 1. The number of carbonyl (C=O) groups excluding carboxylic acids is 1. The van der Waals surface area contributed by atoms with Crippen molar-refractivity contribution in [2.24, 2.45) is 5.92 Å². The first-order valence-corrected chi connectivity index (χ1v) is 7.28. The summed E-state index contributed by atoms with van der Waals surface area (Å²) < 4.78 is 0. The van der Waals surface area contributed by atoms with Gasteiger partial charge < -0.3 is 0 Å². The second-order valence-electron chi connectivity index (χ2n) is 5.19. The van der Waals surface area contributed by atoms with Crippen LogP contribution in [-0.2, 0) is 24.1 Å². The Bertz CT molecular complexity index is 423. The minimum atomic E-state index is -0.0399. The Morgan fingerprint density at radius 2 is 2.00 bits per heavy atom. The molecular formula is C15H19BrO. The van der Waals surface area contributed by atoms with Gasteiger partial charge in [0.2, 0.25) is 0 Å². The molecule has 2 heteroatoms. The van der Waals surface area contributed by atoms with Gasteiger partial charge in [-0.3, -0.25) is 4.79 Å². The van der Waals surface area contributed by atoms with Crippen molar-refractivity contribution in [1.29, 1.82) is 0 Å². The van der Waals surface area contributed by atoms with Gasteiger partial charge in [-0.05, 0) is 42.4 Å². The van der Waals surface area contributed by atoms with Gasteiger partial charge in [0.15, 0.2) is 0 Å². The average Bonchev–Trinajstić information content (AvgIpc) is 2.74. The van der Waals surface area contributed by atoms with Crippen LogP contribution in [0.4, 0.5) is 0 Å². The fraction of sp³-hybridized carbons (Fsp3) is 0.533. The third-order valence-corrected chi connectivity index (χ3v) is 4.23. The Morgan fingerprint density at radius 1 is 1.29 bits per heavy atom. The van der Waals surface area contributed by atoms with Crippen molar-refractivity contribution < 1.29 is 4.79 Å². The number of hydrogen-bond donors (Lipinski definition) is 0. The van der Waals surface area contributed by atoms with E-state index < -0.39 is 0 Å². The molecule has 0 spiro atoms. The molecule has 0 fully saturated rings. The van der Waals surface area contributed by atoms with Crippen LogP contribution in [0, 0.1) is 5.92 Å². The number of fused-ring (bicyclic) bond motifs is 1. The summed E-state index contributed by atoms with van der Waals surface area (Å²) in [6.07, 6.45) is 4.51. The first kappa shape index (κ1) is 12.8. The molecule has 0 aromatic heterocycles. The van der Waals surface area contributed by atoms with Crippen LogP contribution >= 0.6 is 15.9 Å². The lowest BCUT2D eigenvalue weighted by atomic mass is 9.98. The molecular weight excluding hydrogens is 276 g/mol. The molecule has 2 rings (SSSR count). The van der Waals surface area contributed by atoms with Crippen LogP contribution in [0.1, 0.15) is 37.0 Å². The Labute approximate surface area is 112 Å². The van der Waals surface area contributed by atoms with Crippen LogP contribution in [0.3, 0.4) is 0 Å². The van der Waals surface area contributed by atoms with E-state index in [1.54, 1.807) is 0 Å². The minimum absolute atomic E-state index is 0.0399. The van der Waals surface area contributed by atoms with Crippen LogP contribution < -0.4 is 0 Å². The van der Waals surface area contributed by atoms with E-state index >= 15 is 0 Å². The molecule has 92 valence electrons. The highest BCUT2D eigenvalue weighted by molar-refractivity contribution is 9.10. The second kappa shape index (κ2) is 5.34. The third kappa shape index (κ3) is 2.98. The summed E-state index contributed by atoms with van der Waals surface area (Å²) in [6.45, 7) is 3.92. The summed E-state index contributed by atoms with van der Waals surface area (Å²) in [5, 5.41) is 0. The van der Waals surface area contributed by atoms with E-state index in [1.807, 2.05) is 13.8 Å². The van der Waals surface area contributed by atoms with E-state index in [9.17, 15) is 4.79 Å². The van der Waals surface area contributed by atoms with Crippen LogP contribution in [0.2, 0.25) is 0 Å². The summed E-state index contributed by atoms with van der Waals surface area (Å²) in [4.78, 5) is 11.8. The standard InChI is InChI=1S/C15H19BrO/c1-10(2)15(17)14(16)9-11-6-7-12-4-3-5-13(12)8-11/h6-8,10,14H,3-5,9H2,1-2H3. The summed E-state index contributed by atoms with van der Waals surface area (Å²) in [5.41, 5.74) is 4.26. The fourth-order valence-corrected chi connectivity index (χ4v) is 3.32. The van der Waals surface area contributed by atoms with Crippen LogP contribution in [-0.4, -0.2) is 10.6 Å². The lowest BCUT2D eigenvalue weighted by Crippen LogP contribution is -2.21. The number of aryl methyl sites for hydroxylation is 2. The highest BCUT2D eigenvalue weighted by Gasteiger charge is 2.19. The summed E-state index contributed by atoms with van der Waals surface area (Å²) in [5.74, 6) is 0.402. The Morgan fingerprint density at radius 3 is 2.71 bits per heavy atom. The first-order chi connectivity index (χ1) is 8.08. The molecule has 0 heterocycles. The van der Waals surface area contributed by atoms with E-state index in [0.717, 1.165) is 6.42 Å². The first-order valence-electron chi connectivity index (χ1n) is 6.36. The zero-order valence-corrected chi connectivity index (χ0v) is 12.1. The molecule has 1 aromatic carbocycles. The van der Waals surface area contributed by atoms with Crippen LogP contribution in [0.25, 0.3) is 0 Å². The minimum Gasteiger partial charge on any atom is -0.298 e. The molecule has 0 bridgehead atoms. The smallest absolute Gasteiger partial charge is 0.149 e. The number of halogens is 1. The number of benzene rings is 1. The van der Waals surface area contributed by atoms with Crippen LogP contribution in [0.15, 0.2) is 18.2 Å². The molecule has 0 radical (unpaired) electrons. The number of alkyl halides is 1. The maximum absolute atomic E-state index is 11.8. The zero-order chi connectivity index (χ0) is 12.4. The SMILES string of the molecule is CC(C)C(=O)C(Br)Cc1ccc2c(c1)CCC2. The van der Waals surface area contributed by atoms with Gasteiger partial charge in [-0.1, -0.05) is 48.0 Å². The van der Waals surface area contributed by atoms with E-state index in [1.165, 1.54) is 36.0 Å². The van der Waals surface area contributed by atoms with Gasteiger partial charge in [0.25, 0.3) is 0 Å². The molecule has 0 amide bonds. The van der Waals surface area contributed by atoms with Crippen molar-refractivity contribution in [1.82, 2.24) is 0 Å². The average molecular weight is 295 g/mol. The van der Waals surface area contributed by atoms with Crippen molar-refractivity contribution in [3.8, 4) is 0 Å². The lowest BCUT2D eigenvalue weighted by molar-refractivity contribution is -0.121. The lowest BCUT2D eigenvalue weighted by Gasteiger charge is -2.12. The van der Waals surface area contributed by atoms with Gasteiger partial charge in [-0.15, -0.1) is 0 Å². The summed E-state index contributed by atoms with van der Waals surface area (Å²) in [7, 11) is 0. The molecule has 0 saturated carbocycles. The quantitative estimate of drug-likeness (QED) is 0.774. The maximum Gasteiger partial charge on any atom is 0.149 e. The van der Waals surface area contributed by atoms with E-state index in [-0.39, 0.29) is 10.7 Å². The molecule has 1 aliphatic rings. The predicted molar refractivity (Wildman–Crippen MR) is 74.7 cm³/mol. The van der Waals surface area contributed by atoms with Crippen molar-refractivity contribution in [2.75, 3.05) is 0 Å². The van der Waals surface area contributed by atoms with Gasteiger partial charge >= 0.3 is 0 Å². The molecule has 1 aromatic rings. The highest BCUT2D eigenvalue weighted by atomic mass is 79.9. The van der Waals surface area contributed by atoms with Gasteiger partial charge in [0.05, 0.1) is 4.83 Å². The number of rotatable bonds is 4. The molecule has 0 N–H and O–H groups in total. The Hall–Kier alpha value is -0.630. The maximum atomic E-state index is 11.8. The third-order valence-electron chi connectivity index (χ3n) is 3.46. The Kier molecular flexibility index (Phi) is 4.03. The zero-order valence-electron chi connectivity index (χ0n) is 10.5. The van der Waals surface area contributed by atoms with E-state index in [0.29, 0.717) is 5.78 Å². The molecule has 17 heavy (non-hydrogen) atoms. The van der Waals surface area contributed by atoms with Crippen molar-refractivity contribution in [3.63, 3.8) is 0 Å². The number of ketones is 1. The van der Waals surface area contributed by atoms with Gasteiger partial charge in [-0.2, -0.15) is 0 Å². The summed E-state index contributed by atoms with van der Waals surface area (Å²) >= 11 is 3.51. The highest BCUT2D eigenvalue weighted by Crippen LogP contribution is 2.24. The largest absolute Gasteiger partial charge is 0.298 e. The second-order valence-corrected chi connectivity index (χ2v) is 6.29. The number of hydrogen-bond acceptors (Lipinski definition) is 1. The fourth-order valence-electron chi connectivity index (χ4n) is 2.42. The number of carbonyl (C=O) groups is 1. The molecule has 1 atom stereocenters. The monoisotopic (exact) mass is 294 g/mol. The van der Waals surface area contributed by atoms with Gasteiger partial charge in [0.1, 0.15) is 5.78 Å². The molecule has 1 nitrogen and oxygen atoms in total. The van der Waals surface area contributed by atoms with Crippen molar-refractivity contribution in [2.45, 2.75) is 44.4 Å². The molecule has 1 unspecified atom stereocenters. The molecule has 1 aliphatic carbocycles. The topological polar surface area (TPSA) is 17.1 Å². The van der Waals surface area contributed by atoms with Gasteiger partial charge in [0, 0.05) is 5.92 Å². The van der Waals surface area contributed by atoms with Crippen molar-refractivity contribution in [3.05, 3.63) is 34.9 Å². The van der Waals surface area contributed by atoms with Crippen LogP contribution in [0.5, 0.6) is 0 Å². The molecule has 0 aliphatic heterocycles. The van der Waals surface area contributed by atoms with E-state index in [2.05, 4.69) is 34.1 Å². The summed E-state index contributed by atoms with van der Waals surface area (Å²) in [6, 6.07) is 6.69. The van der Waals surface area contributed by atoms with Gasteiger partial charge in [-0.25, -0.2) is 0 Å². The molecule has 0 saturated heterocycles. The predicted octanol–water partition coefficient (Wildman–Crippen LogP) is 3.71.